The van der Waals surface area contributed by atoms with Crippen LogP contribution in [0.1, 0.15) is 47.1 Å². The highest BCUT2D eigenvalue weighted by molar-refractivity contribution is 6.35. The van der Waals surface area contributed by atoms with Gasteiger partial charge in [0.1, 0.15) is 11.6 Å². The number of carbonyl (C=O) groups is 3. The number of hydrogen-bond acceptors (Lipinski definition) is 7. The van der Waals surface area contributed by atoms with Crippen molar-refractivity contribution in [2.75, 3.05) is 20.2 Å². The highest BCUT2D eigenvalue weighted by Gasteiger charge is 2.41. The van der Waals surface area contributed by atoms with E-state index in [0.29, 0.717) is 18.4 Å². The zero-order chi connectivity index (χ0) is 26.0. The third kappa shape index (κ3) is 5.08. The third-order valence-corrected chi connectivity index (χ3v) is 6.78. The molecule has 0 radical (unpaired) electrons. The van der Waals surface area contributed by atoms with E-state index in [9.17, 15) is 28.7 Å². The lowest BCUT2D eigenvalue weighted by molar-refractivity contribution is -0.145. The summed E-state index contributed by atoms with van der Waals surface area (Å²) in [5, 5.41) is 24.8. The molecule has 0 spiro atoms. The van der Waals surface area contributed by atoms with Crippen molar-refractivity contribution in [3.8, 4) is 5.75 Å². The summed E-state index contributed by atoms with van der Waals surface area (Å²) in [6.07, 6.45) is 1.83. The molecule has 1 aromatic heterocycles. The average molecular weight is 502 g/mol. The molecular formula is C24H28FN5O6. The van der Waals surface area contributed by atoms with Crippen molar-refractivity contribution >= 4 is 17.7 Å². The van der Waals surface area contributed by atoms with Gasteiger partial charge in [0.2, 0.25) is 5.75 Å². The van der Waals surface area contributed by atoms with E-state index >= 15 is 0 Å². The molecule has 4 N–H and O–H groups in total. The molecule has 36 heavy (non-hydrogen) atoms. The van der Waals surface area contributed by atoms with Crippen molar-refractivity contribution in [1.29, 1.82) is 0 Å². The lowest BCUT2D eigenvalue weighted by Crippen LogP contribution is -2.49. The fourth-order valence-corrected chi connectivity index (χ4v) is 4.85. The van der Waals surface area contributed by atoms with Crippen molar-refractivity contribution in [3.05, 3.63) is 57.5 Å². The smallest absolute Gasteiger partial charge is 0.311 e. The molecule has 1 aromatic carbocycles. The number of hydrogen-bond donors (Lipinski definition) is 4. The van der Waals surface area contributed by atoms with E-state index in [1.807, 2.05) is 0 Å². The van der Waals surface area contributed by atoms with Gasteiger partial charge in [0.05, 0.1) is 6.61 Å². The summed E-state index contributed by atoms with van der Waals surface area (Å²) in [7, 11) is 1.41. The number of fused-ring (bicyclic) bond motifs is 2. The number of halogens is 1. The van der Waals surface area contributed by atoms with Crippen LogP contribution in [-0.4, -0.2) is 68.6 Å². The second kappa shape index (κ2) is 10.4. The van der Waals surface area contributed by atoms with Crippen molar-refractivity contribution in [3.63, 3.8) is 0 Å². The molecule has 3 unspecified atom stereocenters. The predicted octanol–water partition coefficient (Wildman–Crippen LogP) is -0.149. The van der Waals surface area contributed by atoms with Gasteiger partial charge in [-0.15, -0.1) is 0 Å². The standard InChI is InChI=1S/C24H28FN5O6/c1-29(8-9-31)24(36)22(34)27-17-10-14-4-7-16(17)20-28-18(19(32)23(35)30(20)12-14)21(33)26-11-13-2-5-15(25)6-3-13/h2-3,5-6,14,16-17,31-32H,4,7-12H2,1H3,(H,26,33)(H,27,34). The lowest BCUT2D eigenvalue weighted by Gasteiger charge is -2.32. The summed E-state index contributed by atoms with van der Waals surface area (Å²) < 4.78 is 14.5. The van der Waals surface area contributed by atoms with Gasteiger partial charge in [-0.1, -0.05) is 12.1 Å². The van der Waals surface area contributed by atoms with Gasteiger partial charge in [0.15, 0.2) is 5.69 Å². The molecule has 3 atom stereocenters. The Labute approximate surface area is 205 Å². The maximum Gasteiger partial charge on any atom is 0.311 e. The number of carbonyl (C=O) groups excluding carboxylic acids is 3. The minimum atomic E-state index is -0.826. The zero-order valence-corrected chi connectivity index (χ0v) is 19.7. The molecule has 2 aliphatic heterocycles. The van der Waals surface area contributed by atoms with E-state index in [2.05, 4.69) is 15.6 Å². The van der Waals surface area contributed by atoms with E-state index in [1.165, 1.54) is 35.9 Å². The van der Waals surface area contributed by atoms with Crippen LogP contribution < -0.4 is 16.2 Å². The second-order valence-electron chi connectivity index (χ2n) is 9.21. The molecule has 1 saturated carbocycles. The number of nitrogens with one attached hydrogen (secondary N) is 2. The monoisotopic (exact) mass is 501 g/mol. The Kier molecular flexibility index (Phi) is 7.34. The number of rotatable bonds is 6. The van der Waals surface area contributed by atoms with Crippen LogP contribution >= 0.6 is 0 Å². The first-order valence-electron chi connectivity index (χ1n) is 11.7. The highest BCUT2D eigenvalue weighted by Crippen LogP contribution is 2.39. The molecule has 12 heteroatoms. The van der Waals surface area contributed by atoms with Crippen LogP contribution in [0.15, 0.2) is 29.1 Å². The van der Waals surface area contributed by atoms with Gasteiger partial charge in [-0.2, -0.15) is 0 Å². The first-order chi connectivity index (χ1) is 17.2. The Morgan fingerprint density at radius 3 is 2.64 bits per heavy atom. The number of aliphatic hydroxyl groups is 1. The van der Waals surface area contributed by atoms with E-state index in [4.69, 9.17) is 5.11 Å². The number of aromatic nitrogens is 2. The fraction of sp³-hybridized carbons (Fsp3) is 0.458. The van der Waals surface area contributed by atoms with Gasteiger partial charge >= 0.3 is 11.8 Å². The Morgan fingerprint density at radius 2 is 1.94 bits per heavy atom. The normalized spacial score (nSPS) is 20.2. The van der Waals surface area contributed by atoms with Gasteiger partial charge in [0.25, 0.3) is 11.5 Å². The number of amides is 3. The second-order valence-corrected chi connectivity index (χ2v) is 9.21. The molecule has 192 valence electrons. The van der Waals surface area contributed by atoms with Crippen LogP contribution in [-0.2, 0) is 22.7 Å². The SMILES string of the molecule is CN(CCO)C(=O)C(=O)NC1CC2CCC1c1nc(C(=O)NCc3ccc(F)cc3)c(O)c(=O)n1C2. The Balaban J connectivity index is 1.58. The molecule has 0 saturated heterocycles. The Hall–Kier alpha value is -3.80. The topological polar surface area (TPSA) is 154 Å². The van der Waals surface area contributed by atoms with Crippen LogP contribution in [0.3, 0.4) is 0 Å². The summed E-state index contributed by atoms with van der Waals surface area (Å²) in [6, 6.07) is 5.01. The Morgan fingerprint density at radius 1 is 1.22 bits per heavy atom. The maximum absolute atomic E-state index is 13.1. The van der Waals surface area contributed by atoms with E-state index in [-0.39, 0.29) is 38.0 Å². The van der Waals surface area contributed by atoms with Crippen LogP contribution in [0.2, 0.25) is 0 Å². The molecule has 3 heterocycles. The fourth-order valence-electron chi connectivity index (χ4n) is 4.85. The molecule has 5 rings (SSSR count). The van der Waals surface area contributed by atoms with Crippen molar-refractivity contribution < 1.29 is 29.0 Å². The van der Waals surface area contributed by atoms with Crippen molar-refractivity contribution in [2.45, 2.75) is 44.3 Å². The Bertz CT molecular complexity index is 1230. The molecule has 3 amide bonds. The number of aliphatic hydroxyl groups excluding tert-OH is 1. The van der Waals surface area contributed by atoms with E-state index in [1.54, 1.807) is 0 Å². The molecule has 2 bridgehead atoms. The summed E-state index contributed by atoms with van der Waals surface area (Å²) in [6.45, 7) is 0.0392. The number of nitrogens with zero attached hydrogens (tertiary/aromatic N) is 3. The van der Waals surface area contributed by atoms with Crippen LogP contribution in [0.4, 0.5) is 4.39 Å². The summed E-state index contributed by atoms with van der Waals surface area (Å²) >= 11 is 0. The number of aromatic hydroxyl groups is 1. The minimum Gasteiger partial charge on any atom is -0.501 e. The summed E-state index contributed by atoms with van der Waals surface area (Å²) in [4.78, 5) is 56.2. The lowest BCUT2D eigenvalue weighted by atomic mass is 9.79. The van der Waals surface area contributed by atoms with Crippen LogP contribution in [0.25, 0.3) is 0 Å². The van der Waals surface area contributed by atoms with E-state index in [0.717, 1.165) is 11.3 Å². The first-order valence-corrected chi connectivity index (χ1v) is 11.7. The summed E-state index contributed by atoms with van der Waals surface area (Å²) in [5.41, 5.74) is -0.551. The molecule has 3 aliphatic rings. The minimum absolute atomic E-state index is 0.00938. The van der Waals surface area contributed by atoms with Gasteiger partial charge in [-0.05, 0) is 42.9 Å². The third-order valence-electron chi connectivity index (χ3n) is 6.78. The van der Waals surface area contributed by atoms with Gasteiger partial charge in [-0.25, -0.2) is 9.37 Å². The van der Waals surface area contributed by atoms with Crippen molar-refractivity contribution in [2.24, 2.45) is 5.92 Å². The molecule has 11 nitrogen and oxygen atoms in total. The largest absolute Gasteiger partial charge is 0.501 e. The van der Waals surface area contributed by atoms with Gasteiger partial charge < -0.3 is 25.7 Å². The number of likely N-dealkylation sites (N-methyl/N-ethyl adjacent to an activating group) is 1. The van der Waals surface area contributed by atoms with Crippen LogP contribution in [0, 0.1) is 11.7 Å². The molecule has 2 aromatic rings. The van der Waals surface area contributed by atoms with Gasteiger partial charge in [0, 0.05) is 38.6 Å². The first kappa shape index (κ1) is 25.3. The maximum atomic E-state index is 13.1. The molecule has 1 aliphatic carbocycles. The quantitative estimate of drug-likeness (QED) is 0.402. The highest BCUT2D eigenvalue weighted by atomic mass is 19.1. The van der Waals surface area contributed by atoms with Crippen molar-refractivity contribution in [1.82, 2.24) is 25.1 Å². The summed E-state index contributed by atoms with van der Waals surface area (Å²) in [5.74, 6) is -3.73. The molecular weight excluding hydrogens is 473 g/mol. The van der Waals surface area contributed by atoms with Gasteiger partial charge in [-0.3, -0.25) is 23.7 Å². The zero-order valence-electron chi connectivity index (χ0n) is 19.7. The number of benzene rings is 1. The van der Waals surface area contributed by atoms with Crippen LogP contribution in [0.5, 0.6) is 5.75 Å². The predicted molar refractivity (Wildman–Crippen MR) is 124 cm³/mol. The average Bonchev–Trinajstić information content (AvgIpc) is 3.13. The molecule has 1 fully saturated rings. The van der Waals surface area contributed by atoms with E-state index < -0.39 is 52.5 Å².